The summed E-state index contributed by atoms with van der Waals surface area (Å²) in [6.07, 6.45) is 2.97. The summed E-state index contributed by atoms with van der Waals surface area (Å²) >= 11 is 0. The van der Waals surface area contributed by atoms with Gasteiger partial charge in [-0.1, -0.05) is 6.92 Å². The van der Waals surface area contributed by atoms with E-state index in [0.717, 1.165) is 19.5 Å². The van der Waals surface area contributed by atoms with Crippen molar-refractivity contribution in [3.63, 3.8) is 0 Å². The smallest absolute Gasteiger partial charge is 0.248 e. The summed E-state index contributed by atoms with van der Waals surface area (Å²) in [5.74, 6) is 0.533. The molecule has 0 aliphatic carbocycles. The van der Waals surface area contributed by atoms with Crippen LogP contribution in [0.25, 0.3) is 0 Å². The number of hydrogen-bond donors (Lipinski definition) is 1. The van der Waals surface area contributed by atoms with Crippen molar-refractivity contribution in [3.8, 4) is 0 Å². The van der Waals surface area contributed by atoms with Gasteiger partial charge in [0, 0.05) is 13.1 Å². The molecule has 19 heavy (non-hydrogen) atoms. The molecule has 2 heterocycles. The van der Waals surface area contributed by atoms with E-state index >= 15 is 0 Å². The SMILES string of the molecule is CCC1(C)NC(=O)CN(CC2CCCN(C)C2)C1=O. The van der Waals surface area contributed by atoms with E-state index in [9.17, 15) is 9.59 Å². The molecule has 2 fully saturated rings. The lowest BCUT2D eigenvalue weighted by Crippen LogP contribution is -2.65. The van der Waals surface area contributed by atoms with Crippen LogP contribution in [0.15, 0.2) is 0 Å². The minimum atomic E-state index is -0.712. The van der Waals surface area contributed by atoms with Gasteiger partial charge in [-0.2, -0.15) is 0 Å². The fourth-order valence-electron chi connectivity index (χ4n) is 3.12. The van der Waals surface area contributed by atoms with Crippen molar-refractivity contribution < 1.29 is 9.59 Å². The first-order chi connectivity index (χ1) is 8.94. The van der Waals surface area contributed by atoms with Crippen LogP contribution < -0.4 is 5.32 Å². The van der Waals surface area contributed by atoms with Crippen molar-refractivity contribution in [1.29, 1.82) is 0 Å². The molecule has 0 saturated carbocycles. The summed E-state index contributed by atoms with van der Waals surface area (Å²) in [5, 5.41) is 2.83. The monoisotopic (exact) mass is 267 g/mol. The van der Waals surface area contributed by atoms with E-state index in [2.05, 4.69) is 17.3 Å². The van der Waals surface area contributed by atoms with Crippen LogP contribution in [0.3, 0.4) is 0 Å². The Kier molecular flexibility index (Phi) is 4.13. The van der Waals surface area contributed by atoms with Crippen LogP contribution in [-0.4, -0.2) is 60.4 Å². The molecule has 0 aromatic heterocycles. The zero-order chi connectivity index (χ0) is 14.0. The first kappa shape index (κ1) is 14.3. The highest BCUT2D eigenvalue weighted by Gasteiger charge is 2.42. The van der Waals surface area contributed by atoms with Crippen LogP contribution >= 0.6 is 0 Å². The number of carbonyl (C=O) groups is 2. The third-order valence-corrected chi connectivity index (χ3v) is 4.42. The lowest BCUT2D eigenvalue weighted by atomic mass is 9.92. The summed E-state index contributed by atoms with van der Waals surface area (Å²) in [5.41, 5.74) is -0.712. The summed E-state index contributed by atoms with van der Waals surface area (Å²) in [6.45, 7) is 6.86. The largest absolute Gasteiger partial charge is 0.340 e. The molecule has 0 radical (unpaired) electrons. The second-order valence-corrected chi connectivity index (χ2v) is 6.19. The molecule has 2 aliphatic rings. The second-order valence-electron chi connectivity index (χ2n) is 6.19. The Labute approximate surface area is 115 Å². The fourth-order valence-corrected chi connectivity index (χ4v) is 3.12. The highest BCUT2D eigenvalue weighted by atomic mass is 16.2. The summed E-state index contributed by atoms with van der Waals surface area (Å²) < 4.78 is 0. The number of hydrogen-bond acceptors (Lipinski definition) is 3. The maximum Gasteiger partial charge on any atom is 0.248 e. The van der Waals surface area contributed by atoms with E-state index in [4.69, 9.17) is 0 Å². The predicted octanol–water partition coefficient (Wildman–Crippen LogP) is 0.455. The molecule has 2 unspecified atom stereocenters. The Morgan fingerprint density at radius 1 is 1.42 bits per heavy atom. The van der Waals surface area contributed by atoms with Gasteiger partial charge in [-0.25, -0.2) is 0 Å². The summed E-state index contributed by atoms with van der Waals surface area (Å²) in [6, 6.07) is 0. The van der Waals surface area contributed by atoms with Crippen LogP contribution in [0.4, 0.5) is 0 Å². The molecule has 108 valence electrons. The molecule has 2 aliphatic heterocycles. The van der Waals surface area contributed by atoms with Gasteiger partial charge in [0.1, 0.15) is 5.54 Å². The third-order valence-electron chi connectivity index (χ3n) is 4.42. The Balaban J connectivity index is 2.02. The lowest BCUT2D eigenvalue weighted by molar-refractivity contribution is -0.150. The minimum Gasteiger partial charge on any atom is -0.340 e. The Morgan fingerprint density at radius 3 is 2.79 bits per heavy atom. The van der Waals surface area contributed by atoms with E-state index in [0.29, 0.717) is 18.9 Å². The van der Waals surface area contributed by atoms with Gasteiger partial charge in [0.25, 0.3) is 0 Å². The normalized spacial score (nSPS) is 33.4. The van der Waals surface area contributed by atoms with E-state index in [-0.39, 0.29) is 18.4 Å². The number of nitrogens with one attached hydrogen (secondary N) is 1. The first-order valence-electron chi connectivity index (χ1n) is 7.23. The number of piperidine rings is 1. The van der Waals surface area contributed by atoms with Gasteiger partial charge in [0.05, 0.1) is 6.54 Å². The quantitative estimate of drug-likeness (QED) is 0.808. The van der Waals surface area contributed by atoms with Gasteiger partial charge in [-0.05, 0) is 45.7 Å². The van der Waals surface area contributed by atoms with E-state index in [1.165, 1.54) is 6.42 Å². The molecular weight excluding hydrogens is 242 g/mol. The third kappa shape index (κ3) is 3.08. The van der Waals surface area contributed by atoms with Crippen molar-refractivity contribution in [2.24, 2.45) is 5.92 Å². The van der Waals surface area contributed by atoms with Crippen LogP contribution in [0.2, 0.25) is 0 Å². The molecule has 0 aromatic rings. The van der Waals surface area contributed by atoms with Crippen molar-refractivity contribution in [2.75, 3.05) is 33.2 Å². The average molecular weight is 267 g/mol. The molecule has 0 aromatic carbocycles. The van der Waals surface area contributed by atoms with Crippen LogP contribution in [0, 0.1) is 5.92 Å². The number of carbonyl (C=O) groups excluding carboxylic acids is 2. The topological polar surface area (TPSA) is 52.7 Å². The molecule has 2 amide bonds. The van der Waals surface area contributed by atoms with Crippen molar-refractivity contribution in [3.05, 3.63) is 0 Å². The van der Waals surface area contributed by atoms with Gasteiger partial charge in [0.2, 0.25) is 11.8 Å². The zero-order valence-electron chi connectivity index (χ0n) is 12.2. The fraction of sp³-hybridized carbons (Fsp3) is 0.857. The van der Waals surface area contributed by atoms with E-state index < -0.39 is 5.54 Å². The van der Waals surface area contributed by atoms with Gasteiger partial charge >= 0.3 is 0 Å². The molecule has 2 rings (SSSR count). The standard InChI is InChI=1S/C14H25N3O2/c1-4-14(2)13(19)17(10-12(18)15-14)9-11-6-5-7-16(3)8-11/h11H,4-10H2,1-3H3,(H,15,18). The minimum absolute atomic E-state index is 0.0342. The van der Waals surface area contributed by atoms with E-state index in [1.54, 1.807) is 4.90 Å². The van der Waals surface area contributed by atoms with Crippen LogP contribution in [0.5, 0.6) is 0 Å². The molecule has 0 spiro atoms. The van der Waals surface area contributed by atoms with Crippen molar-refractivity contribution in [2.45, 2.75) is 38.6 Å². The number of likely N-dealkylation sites (tertiary alicyclic amines) is 1. The Hall–Kier alpha value is -1.10. The van der Waals surface area contributed by atoms with E-state index in [1.807, 2.05) is 13.8 Å². The molecule has 2 saturated heterocycles. The highest BCUT2D eigenvalue weighted by molar-refractivity contribution is 5.97. The molecular formula is C14H25N3O2. The Morgan fingerprint density at radius 2 is 2.16 bits per heavy atom. The average Bonchev–Trinajstić information content (AvgIpc) is 2.35. The van der Waals surface area contributed by atoms with Crippen molar-refractivity contribution >= 4 is 11.8 Å². The maximum atomic E-state index is 12.5. The molecule has 1 N–H and O–H groups in total. The number of rotatable bonds is 3. The predicted molar refractivity (Wildman–Crippen MR) is 73.6 cm³/mol. The molecule has 2 atom stereocenters. The lowest BCUT2D eigenvalue weighted by Gasteiger charge is -2.41. The zero-order valence-corrected chi connectivity index (χ0v) is 12.2. The Bertz CT molecular complexity index is 372. The van der Waals surface area contributed by atoms with Crippen molar-refractivity contribution in [1.82, 2.24) is 15.1 Å². The number of amides is 2. The molecule has 5 heteroatoms. The van der Waals surface area contributed by atoms with Gasteiger partial charge in [-0.15, -0.1) is 0 Å². The van der Waals surface area contributed by atoms with Crippen LogP contribution in [-0.2, 0) is 9.59 Å². The van der Waals surface area contributed by atoms with Gasteiger partial charge < -0.3 is 15.1 Å². The van der Waals surface area contributed by atoms with Gasteiger partial charge in [-0.3, -0.25) is 9.59 Å². The summed E-state index contributed by atoms with van der Waals surface area (Å²) in [4.78, 5) is 28.3. The summed E-state index contributed by atoms with van der Waals surface area (Å²) in [7, 11) is 2.12. The highest BCUT2D eigenvalue weighted by Crippen LogP contribution is 2.22. The number of piperazine rings is 1. The molecule has 0 bridgehead atoms. The first-order valence-corrected chi connectivity index (χ1v) is 7.23. The second kappa shape index (κ2) is 5.49. The number of nitrogens with zero attached hydrogens (tertiary/aromatic N) is 2. The van der Waals surface area contributed by atoms with Gasteiger partial charge in [0.15, 0.2) is 0 Å². The molecule has 5 nitrogen and oxygen atoms in total. The van der Waals surface area contributed by atoms with Crippen LogP contribution in [0.1, 0.15) is 33.1 Å². The maximum absolute atomic E-state index is 12.5.